The summed E-state index contributed by atoms with van der Waals surface area (Å²) in [7, 11) is 3.04. The van der Waals surface area contributed by atoms with E-state index in [9.17, 15) is 10.2 Å². The summed E-state index contributed by atoms with van der Waals surface area (Å²) in [5.41, 5.74) is 1.27. The Bertz CT molecular complexity index is 739. The van der Waals surface area contributed by atoms with Crippen LogP contribution >= 0.6 is 0 Å². The third kappa shape index (κ3) is 6.28. The molecule has 7 nitrogen and oxygen atoms in total. The molecule has 0 aliphatic heterocycles. The zero-order chi connectivity index (χ0) is 20.2. The Balaban J connectivity index is 1.62. The lowest BCUT2D eigenvalue weighted by atomic mass is 10.2. The van der Waals surface area contributed by atoms with E-state index in [1.165, 1.54) is 14.2 Å². The quantitative estimate of drug-likeness (QED) is 0.408. The first-order valence-electron chi connectivity index (χ1n) is 9.09. The number of nitrogens with zero attached hydrogens (tertiary/aromatic N) is 2. The highest BCUT2D eigenvalue weighted by atomic mass is 16.5. The molecule has 0 aliphatic carbocycles. The minimum Gasteiger partial charge on any atom is -0.504 e. The lowest BCUT2D eigenvalue weighted by molar-refractivity contribution is 0.373. The average Bonchev–Trinajstić information content (AvgIpc) is 2.71. The van der Waals surface area contributed by atoms with Gasteiger partial charge in [0.25, 0.3) is 0 Å². The molecule has 0 radical (unpaired) electrons. The SMILES string of the molecule is COc1cccc(C=NCCCNCCN=Cc2cccc(OC)c2O)c1O. The smallest absolute Gasteiger partial charge is 0.166 e. The third-order valence-electron chi connectivity index (χ3n) is 4.02. The van der Waals surface area contributed by atoms with E-state index in [4.69, 9.17) is 9.47 Å². The summed E-state index contributed by atoms with van der Waals surface area (Å²) in [6, 6.07) is 10.6. The predicted molar refractivity (Wildman–Crippen MR) is 112 cm³/mol. The van der Waals surface area contributed by atoms with Crippen LogP contribution in [0.15, 0.2) is 46.4 Å². The van der Waals surface area contributed by atoms with Crippen LogP contribution in [-0.2, 0) is 0 Å². The molecule has 0 heterocycles. The van der Waals surface area contributed by atoms with Crippen molar-refractivity contribution >= 4 is 12.4 Å². The molecule has 0 saturated carbocycles. The standard InChI is InChI=1S/C21H27N3O4/c1-27-18-8-3-6-16(20(18)25)14-23-11-5-10-22-12-13-24-15-17-7-4-9-19(28-2)21(17)26/h3-4,6-9,14-15,22,25-26H,5,10-13H2,1-2H3. The normalized spacial score (nSPS) is 11.4. The van der Waals surface area contributed by atoms with E-state index in [-0.39, 0.29) is 11.5 Å². The largest absolute Gasteiger partial charge is 0.504 e. The summed E-state index contributed by atoms with van der Waals surface area (Å²) in [5.74, 6) is 1.08. The lowest BCUT2D eigenvalue weighted by Crippen LogP contribution is -2.19. The van der Waals surface area contributed by atoms with Crippen molar-refractivity contribution in [2.75, 3.05) is 40.4 Å². The summed E-state index contributed by atoms with van der Waals surface area (Å²) < 4.78 is 10.1. The van der Waals surface area contributed by atoms with Crippen LogP contribution in [0.3, 0.4) is 0 Å². The number of nitrogens with one attached hydrogen (secondary N) is 1. The Labute approximate surface area is 165 Å². The lowest BCUT2D eigenvalue weighted by Gasteiger charge is -2.05. The van der Waals surface area contributed by atoms with Gasteiger partial charge in [-0.2, -0.15) is 0 Å². The van der Waals surface area contributed by atoms with E-state index in [1.54, 1.807) is 36.7 Å². The van der Waals surface area contributed by atoms with Crippen molar-refractivity contribution in [3.63, 3.8) is 0 Å². The molecule has 3 N–H and O–H groups in total. The van der Waals surface area contributed by atoms with Gasteiger partial charge in [-0.1, -0.05) is 12.1 Å². The molecule has 2 rings (SSSR count). The minimum atomic E-state index is 0.0987. The Kier molecular flexibility index (Phi) is 8.81. The van der Waals surface area contributed by atoms with Gasteiger partial charge in [-0.05, 0) is 37.2 Å². The molecule has 0 atom stereocenters. The second-order valence-electron chi connectivity index (χ2n) is 5.97. The van der Waals surface area contributed by atoms with Crippen LogP contribution in [-0.4, -0.2) is 63.0 Å². The highest BCUT2D eigenvalue weighted by Crippen LogP contribution is 2.28. The van der Waals surface area contributed by atoms with Crippen molar-refractivity contribution in [1.29, 1.82) is 0 Å². The Morgan fingerprint density at radius 3 is 1.89 bits per heavy atom. The van der Waals surface area contributed by atoms with Gasteiger partial charge in [0.15, 0.2) is 23.0 Å². The first kappa shape index (κ1) is 21.2. The number of para-hydroxylation sites is 2. The maximum absolute atomic E-state index is 9.98. The Morgan fingerprint density at radius 1 is 0.821 bits per heavy atom. The fraction of sp³-hybridized carbons (Fsp3) is 0.333. The van der Waals surface area contributed by atoms with Crippen molar-refractivity contribution in [2.24, 2.45) is 9.98 Å². The van der Waals surface area contributed by atoms with Gasteiger partial charge in [-0.25, -0.2) is 0 Å². The van der Waals surface area contributed by atoms with E-state index in [1.807, 2.05) is 12.1 Å². The van der Waals surface area contributed by atoms with Gasteiger partial charge in [0.2, 0.25) is 0 Å². The number of phenols is 2. The number of hydrogen-bond donors (Lipinski definition) is 3. The second kappa shape index (κ2) is 11.6. The summed E-state index contributed by atoms with van der Waals surface area (Å²) in [5, 5.41) is 23.2. The Morgan fingerprint density at radius 2 is 1.36 bits per heavy atom. The molecule has 7 heteroatoms. The monoisotopic (exact) mass is 385 g/mol. The molecule has 0 saturated heterocycles. The maximum Gasteiger partial charge on any atom is 0.166 e. The van der Waals surface area contributed by atoms with Gasteiger partial charge in [-0.15, -0.1) is 0 Å². The molecule has 150 valence electrons. The van der Waals surface area contributed by atoms with Crippen LogP contribution in [0, 0.1) is 0 Å². The number of ether oxygens (including phenoxy) is 2. The minimum absolute atomic E-state index is 0.0987. The molecule has 28 heavy (non-hydrogen) atoms. The number of hydrogen-bond acceptors (Lipinski definition) is 7. The fourth-order valence-electron chi connectivity index (χ4n) is 2.51. The number of rotatable bonds is 11. The van der Waals surface area contributed by atoms with E-state index in [0.717, 1.165) is 19.5 Å². The fourth-order valence-corrected chi connectivity index (χ4v) is 2.51. The molecule has 0 spiro atoms. The van der Waals surface area contributed by atoms with Crippen LogP contribution in [0.5, 0.6) is 23.0 Å². The number of phenolic OH excluding ortho intramolecular Hbond substituents is 2. The Hall–Kier alpha value is -3.06. The summed E-state index contributed by atoms with van der Waals surface area (Å²) >= 11 is 0. The number of methoxy groups -OCH3 is 2. The summed E-state index contributed by atoms with van der Waals surface area (Å²) in [6.45, 7) is 2.82. The molecule has 0 aliphatic rings. The van der Waals surface area contributed by atoms with Crippen LogP contribution in [0.4, 0.5) is 0 Å². The van der Waals surface area contributed by atoms with Crippen molar-refractivity contribution in [3.05, 3.63) is 47.5 Å². The molecule has 0 bridgehead atoms. The van der Waals surface area contributed by atoms with Crippen LogP contribution in [0.2, 0.25) is 0 Å². The van der Waals surface area contributed by atoms with Gasteiger partial charge in [0.1, 0.15) is 0 Å². The first-order chi connectivity index (χ1) is 13.7. The zero-order valence-corrected chi connectivity index (χ0v) is 16.3. The number of aromatic hydroxyl groups is 2. The third-order valence-corrected chi connectivity index (χ3v) is 4.02. The molecule has 0 fully saturated rings. The van der Waals surface area contributed by atoms with Gasteiger partial charge >= 0.3 is 0 Å². The van der Waals surface area contributed by atoms with E-state index < -0.39 is 0 Å². The van der Waals surface area contributed by atoms with Crippen LogP contribution in [0.25, 0.3) is 0 Å². The molecule has 0 aromatic heterocycles. The van der Waals surface area contributed by atoms with Crippen molar-refractivity contribution in [2.45, 2.75) is 6.42 Å². The molecular weight excluding hydrogens is 358 g/mol. The molecular formula is C21H27N3O4. The molecule has 2 aromatic carbocycles. The van der Waals surface area contributed by atoms with Gasteiger partial charge in [0, 0.05) is 36.6 Å². The second-order valence-corrected chi connectivity index (χ2v) is 5.97. The van der Waals surface area contributed by atoms with Crippen LogP contribution < -0.4 is 14.8 Å². The summed E-state index contributed by atoms with van der Waals surface area (Å²) in [4.78, 5) is 8.63. The topological polar surface area (TPSA) is 95.7 Å². The van der Waals surface area contributed by atoms with E-state index in [0.29, 0.717) is 35.7 Å². The highest BCUT2D eigenvalue weighted by Gasteiger charge is 2.05. The average molecular weight is 385 g/mol. The maximum atomic E-state index is 9.98. The van der Waals surface area contributed by atoms with Crippen molar-refractivity contribution in [1.82, 2.24) is 5.32 Å². The molecule has 0 amide bonds. The predicted octanol–water partition coefficient (Wildman–Crippen LogP) is 2.63. The highest BCUT2D eigenvalue weighted by molar-refractivity contribution is 5.85. The molecule has 2 aromatic rings. The van der Waals surface area contributed by atoms with E-state index >= 15 is 0 Å². The first-order valence-corrected chi connectivity index (χ1v) is 9.09. The van der Waals surface area contributed by atoms with Gasteiger partial charge < -0.3 is 25.0 Å². The molecule has 0 unspecified atom stereocenters. The van der Waals surface area contributed by atoms with Crippen molar-refractivity contribution in [3.8, 4) is 23.0 Å². The van der Waals surface area contributed by atoms with Gasteiger partial charge in [0.05, 0.1) is 20.8 Å². The summed E-state index contributed by atoms with van der Waals surface area (Å²) in [6.07, 6.45) is 4.18. The number of benzene rings is 2. The number of aliphatic imine (C=N–C) groups is 2. The van der Waals surface area contributed by atoms with E-state index in [2.05, 4.69) is 15.3 Å². The van der Waals surface area contributed by atoms with Crippen molar-refractivity contribution < 1.29 is 19.7 Å². The zero-order valence-electron chi connectivity index (χ0n) is 16.3. The van der Waals surface area contributed by atoms with Crippen LogP contribution in [0.1, 0.15) is 17.5 Å². The van der Waals surface area contributed by atoms with Gasteiger partial charge in [-0.3, -0.25) is 9.98 Å².